The number of alkyl carbamates (subject to hydrolysis) is 1. The number of amides is 1. The lowest BCUT2D eigenvalue weighted by Gasteiger charge is -2.61. The quantitative estimate of drug-likeness (QED) is 0.356. The van der Waals surface area contributed by atoms with Crippen LogP contribution in [0.5, 0.6) is 0 Å². The van der Waals surface area contributed by atoms with Crippen LogP contribution in [0, 0.1) is 46.3 Å². The average Bonchev–Trinajstić information content (AvgIpc) is 3.32. The minimum Gasteiger partial charge on any atom is -0.479 e. The van der Waals surface area contributed by atoms with Crippen LogP contribution < -0.4 is 5.32 Å². The number of nitrogens with one attached hydrogen (secondary N) is 1. The number of hydrogen-bond acceptors (Lipinski definition) is 6. The van der Waals surface area contributed by atoms with E-state index < -0.39 is 31.2 Å². The fourth-order valence-corrected chi connectivity index (χ4v) is 9.25. The second kappa shape index (κ2) is 13.6. The Bertz CT molecular complexity index is 1120. The van der Waals surface area contributed by atoms with Crippen molar-refractivity contribution in [2.75, 3.05) is 13.2 Å². The van der Waals surface area contributed by atoms with Gasteiger partial charge in [-0.25, -0.2) is 9.59 Å². The molecule has 0 bridgehead atoms. The molecule has 1 aromatic rings. The third-order valence-corrected chi connectivity index (χ3v) is 11.4. The van der Waals surface area contributed by atoms with Crippen molar-refractivity contribution < 1.29 is 33.8 Å². The number of benzene rings is 1. The number of ether oxygens (including phenoxy) is 2. The first-order valence-corrected chi connectivity index (χ1v) is 15.8. The Hall–Kier alpha value is -2.90. The van der Waals surface area contributed by atoms with Gasteiger partial charge >= 0.3 is 18.0 Å². The molecule has 4 aliphatic carbocycles. The summed E-state index contributed by atoms with van der Waals surface area (Å²) in [7, 11) is 0. The van der Waals surface area contributed by atoms with Gasteiger partial charge in [0.15, 0.2) is 6.61 Å². The molecule has 1 aromatic carbocycles. The van der Waals surface area contributed by atoms with Crippen molar-refractivity contribution in [2.24, 2.45) is 46.3 Å². The van der Waals surface area contributed by atoms with Crippen molar-refractivity contribution >= 4 is 23.8 Å². The maximum absolute atomic E-state index is 12.2. The largest absolute Gasteiger partial charge is 0.479 e. The Balaban J connectivity index is 0.000000198. The number of Topliss-reactive ketones (excluding diaryl/α,β-unsaturated/α-hetero) is 1. The Morgan fingerprint density at radius 2 is 1.60 bits per heavy atom. The minimum atomic E-state index is -1.26. The van der Waals surface area contributed by atoms with Gasteiger partial charge in [0.1, 0.15) is 18.9 Å². The van der Waals surface area contributed by atoms with Gasteiger partial charge in [-0.3, -0.25) is 9.59 Å². The van der Waals surface area contributed by atoms with Crippen LogP contribution in [0.2, 0.25) is 0 Å². The van der Waals surface area contributed by atoms with Crippen molar-refractivity contribution in [1.82, 2.24) is 5.32 Å². The molecule has 42 heavy (non-hydrogen) atoms. The zero-order chi connectivity index (χ0) is 30.5. The highest BCUT2D eigenvalue weighted by Crippen LogP contribution is 2.67. The summed E-state index contributed by atoms with van der Waals surface area (Å²) in [6, 6.07) is 9.02. The Kier molecular flexibility index (Phi) is 10.4. The summed E-state index contributed by atoms with van der Waals surface area (Å²) in [5.74, 6) is 3.38. The molecule has 4 saturated carbocycles. The minimum absolute atomic E-state index is 0.0802. The summed E-state index contributed by atoms with van der Waals surface area (Å²) >= 11 is 0. The molecule has 0 radical (unpaired) electrons. The number of rotatable bonds is 7. The number of carbonyl (C=O) groups excluding carboxylic acids is 3. The predicted molar refractivity (Wildman–Crippen MR) is 158 cm³/mol. The standard InChI is InChI=1S/C22H36O.C12H13NO6/c1-14-9-11-21(3)16(13-14)5-6-17-19-8-7-18(15(2)23)22(19,4)12-10-20(17)21;14-10(15)8-18-11(16)6-13-12(17)19-7-9-4-2-1-3-5-9/h14,16-20H,5-13H2,1-4H3;1-5H,6-8H2,(H,13,17)(H,14,15). The number of carbonyl (C=O) groups is 4. The summed E-state index contributed by atoms with van der Waals surface area (Å²) in [6.07, 6.45) is 11.8. The van der Waals surface area contributed by atoms with Crippen molar-refractivity contribution in [1.29, 1.82) is 0 Å². The van der Waals surface area contributed by atoms with Crippen LogP contribution in [-0.4, -0.2) is 42.1 Å². The van der Waals surface area contributed by atoms with Gasteiger partial charge in [-0.05, 0) is 104 Å². The van der Waals surface area contributed by atoms with Gasteiger partial charge in [0.2, 0.25) is 0 Å². The van der Waals surface area contributed by atoms with Crippen LogP contribution in [0.25, 0.3) is 0 Å². The van der Waals surface area contributed by atoms with E-state index in [1.807, 2.05) is 13.0 Å². The Labute approximate surface area is 250 Å². The molecule has 1 amide bonds. The molecule has 4 fully saturated rings. The van der Waals surface area contributed by atoms with E-state index >= 15 is 0 Å². The van der Waals surface area contributed by atoms with Crippen LogP contribution >= 0.6 is 0 Å². The van der Waals surface area contributed by atoms with Crippen molar-refractivity contribution in [3.05, 3.63) is 35.9 Å². The van der Waals surface area contributed by atoms with Crippen molar-refractivity contribution in [3.8, 4) is 0 Å². The second-order valence-electron chi connectivity index (χ2n) is 13.8. The van der Waals surface area contributed by atoms with Crippen LogP contribution in [0.4, 0.5) is 4.79 Å². The third-order valence-electron chi connectivity index (χ3n) is 11.4. The van der Waals surface area contributed by atoms with Crippen LogP contribution in [0.1, 0.15) is 91.0 Å². The van der Waals surface area contributed by atoms with Crippen molar-refractivity contribution in [3.63, 3.8) is 0 Å². The lowest BCUT2D eigenvalue weighted by atomic mass is 9.44. The molecule has 0 aromatic heterocycles. The second-order valence-corrected chi connectivity index (χ2v) is 13.8. The number of carboxylic acid groups (broad SMARTS) is 1. The van der Waals surface area contributed by atoms with Crippen molar-refractivity contribution in [2.45, 2.75) is 92.1 Å². The smallest absolute Gasteiger partial charge is 0.407 e. The number of aliphatic carboxylic acids is 1. The maximum Gasteiger partial charge on any atom is 0.407 e. The van der Waals surface area contributed by atoms with Crippen LogP contribution in [-0.2, 0) is 30.5 Å². The zero-order valence-corrected chi connectivity index (χ0v) is 25.7. The molecule has 0 spiro atoms. The molecular weight excluding hydrogens is 534 g/mol. The van der Waals surface area contributed by atoms with E-state index in [0.29, 0.717) is 22.5 Å². The van der Waals surface area contributed by atoms with Gasteiger partial charge in [0.25, 0.3) is 0 Å². The topological polar surface area (TPSA) is 119 Å². The number of carboxylic acids is 1. The highest BCUT2D eigenvalue weighted by molar-refractivity contribution is 5.80. The molecule has 0 heterocycles. The number of hydrogen-bond donors (Lipinski definition) is 2. The fourth-order valence-electron chi connectivity index (χ4n) is 9.25. The Morgan fingerprint density at radius 3 is 2.29 bits per heavy atom. The number of esters is 1. The van der Waals surface area contributed by atoms with E-state index in [0.717, 1.165) is 35.2 Å². The highest BCUT2D eigenvalue weighted by atomic mass is 16.6. The van der Waals surface area contributed by atoms with E-state index in [4.69, 9.17) is 9.84 Å². The van der Waals surface area contributed by atoms with Gasteiger partial charge < -0.3 is 19.9 Å². The molecule has 8 heteroatoms. The predicted octanol–water partition coefficient (Wildman–Crippen LogP) is 6.41. The fraction of sp³-hybridized carbons (Fsp3) is 0.706. The normalized spacial score (nSPS) is 34.8. The molecular formula is C34H49NO7. The molecule has 0 aliphatic heterocycles. The van der Waals surface area contributed by atoms with E-state index in [-0.39, 0.29) is 6.61 Å². The summed E-state index contributed by atoms with van der Waals surface area (Å²) in [6.45, 7) is 8.35. The summed E-state index contributed by atoms with van der Waals surface area (Å²) in [4.78, 5) is 44.5. The number of ketones is 1. The molecule has 0 saturated heterocycles. The lowest BCUT2D eigenvalue weighted by Crippen LogP contribution is -2.53. The molecule has 5 rings (SSSR count). The van der Waals surface area contributed by atoms with Gasteiger partial charge in [0, 0.05) is 5.92 Å². The lowest BCUT2D eigenvalue weighted by molar-refractivity contribution is -0.154. The van der Waals surface area contributed by atoms with Gasteiger partial charge in [-0.1, -0.05) is 57.5 Å². The maximum atomic E-state index is 12.2. The first-order chi connectivity index (χ1) is 19.9. The monoisotopic (exact) mass is 583 g/mol. The van der Waals surface area contributed by atoms with E-state index in [1.54, 1.807) is 24.3 Å². The molecule has 232 valence electrons. The van der Waals surface area contributed by atoms with E-state index in [1.165, 1.54) is 57.8 Å². The van der Waals surface area contributed by atoms with Crippen LogP contribution in [0.3, 0.4) is 0 Å². The average molecular weight is 584 g/mol. The van der Waals surface area contributed by atoms with E-state index in [9.17, 15) is 19.2 Å². The SMILES string of the molecule is CC(=O)C1CCC2C3CCC4CC(C)CCC4(C)C3CCC12C.O=C(O)COC(=O)CNC(=O)OCc1ccccc1. The molecule has 4 aliphatic rings. The van der Waals surface area contributed by atoms with Gasteiger partial charge in [-0.2, -0.15) is 0 Å². The highest BCUT2D eigenvalue weighted by Gasteiger charge is 2.60. The first-order valence-electron chi connectivity index (χ1n) is 15.8. The summed E-state index contributed by atoms with van der Waals surface area (Å²) in [5.41, 5.74) is 1.76. The first kappa shape index (κ1) is 32.0. The van der Waals surface area contributed by atoms with Gasteiger partial charge in [0.05, 0.1) is 0 Å². The zero-order valence-electron chi connectivity index (χ0n) is 25.7. The molecule has 2 N–H and O–H groups in total. The Morgan fingerprint density at radius 1 is 0.905 bits per heavy atom. The van der Waals surface area contributed by atoms with Crippen LogP contribution in [0.15, 0.2) is 30.3 Å². The summed E-state index contributed by atoms with van der Waals surface area (Å²) in [5, 5.41) is 10.4. The third kappa shape index (κ3) is 7.17. The summed E-state index contributed by atoms with van der Waals surface area (Å²) < 4.78 is 9.14. The molecule has 8 unspecified atom stereocenters. The van der Waals surface area contributed by atoms with E-state index in [2.05, 4.69) is 30.8 Å². The molecule has 8 nitrogen and oxygen atoms in total. The molecule has 8 atom stereocenters. The number of fused-ring (bicyclic) bond motifs is 5. The van der Waals surface area contributed by atoms with Gasteiger partial charge in [-0.15, -0.1) is 0 Å².